The summed E-state index contributed by atoms with van der Waals surface area (Å²) < 4.78 is 27.3. The SMILES string of the molecule is CC(C)(C)NS(=O)(=O)NC(CCC(=O)O)C(=O)O. The third-order valence-corrected chi connectivity index (χ3v) is 3.16. The van der Waals surface area contributed by atoms with Gasteiger partial charge in [-0.3, -0.25) is 9.59 Å². The van der Waals surface area contributed by atoms with Crippen molar-refractivity contribution < 1.29 is 28.2 Å². The first-order valence-electron chi connectivity index (χ1n) is 5.19. The maximum atomic E-state index is 11.6. The van der Waals surface area contributed by atoms with Crippen LogP contribution in [-0.2, 0) is 19.8 Å². The Morgan fingerprint density at radius 2 is 1.72 bits per heavy atom. The van der Waals surface area contributed by atoms with E-state index in [-0.39, 0.29) is 6.42 Å². The Hall–Kier alpha value is -1.19. The predicted molar refractivity (Wildman–Crippen MR) is 63.2 cm³/mol. The Kier molecular flexibility index (Phi) is 5.71. The Morgan fingerprint density at radius 1 is 1.22 bits per heavy atom. The molecule has 0 aliphatic heterocycles. The van der Waals surface area contributed by atoms with Crippen LogP contribution in [-0.4, -0.2) is 42.2 Å². The zero-order valence-corrected chi connectivity index (χ0v) is 11.2. The van der Waals surface area contributed by atoms with Crippen molar-refractivity contribution in [3.05, 3.63) is 0 Å². The van der Waals surface area contributed by atoms with Crippen LogP contribution < -0.4 is 9.44 Å². The number of nitrogens with one attached hydrogen (secondary N) is 2. The fourth-order valence-electron chi connectivity index (χ4n) is 1.12. The van der Waals surface area contributed by atoms with Gasteiger partial charge in [0.25, 0.3) is 10.2 Å². The average molecular weight is 282 g/mol. The van der Waals surface area contributed by atoms with Crippen molar-refractivity contribution in [2.24, 2.45) is 0 Å². The molecule has 0 radical (unpaired) electrons. The van der Waals surface area contributed by atoms with E-state index >= 15 is 0 Å². The molecule has 0 aliphatic carbocycles. The number of rotatable bonds is 7. The maximum Gasteiger partial charge on any atom is 0.321 e. The largest absolute Gasteiger partial charge is 0.481 e. The Labute approximate surface area is 106 Å². The van der Waals surface area contributed by atoms with Crippen LogP contribution in [0, 0.1) is 0 Å². The second-order valence-corrected chi connectivity index (χ2v) is 6.24. The van der Waals surface area contributed by atoms with Gasteiger partial charge in [-0.25, -0.2) is 0 Å². The molecule has 1 unspecified atom stereocenters. The van der Waals surface area contributed by atoms with E-state index in [0.29, 0.717) is 0 Å². The summed E-state index contributed by atoms with van der Waals surface area (Å²) in [6.07, 6.45) is -0.759. The molecule has 1 atom stereocenters. The topological polar surface area (TPSA) is 133 Å². The third kappa shape index (κ3) is 7.98. The van der Waals surface area contributed by atoms with Crippen molar-refractivity contribution in [2.75, 3.05) is 0 Å². The van der Waals surface area contributed by atoms with Crippen molar-refractivity contribution in [1.29, 1.82) is 0 Å². The van der Waals surface area contributed by atoms with E-state index in [0.717, 1.165) is 0 Å². The van der Waals surface area contributed by atoms with Crippen LogP contribution >= 0.6 is 0 Å². The molecule has 9 heteroatoms. The number of aliphatic carboxylic acids is 2. The molecular weight excluding hydrogens is 264 g/mol. The van der Waals surface area contributed by atoms with Crippen molar-refractivity contribution in [3.63, 3.8) is 0 Å². The van der Waals surface area contributed by atoms with Gasteiger partial charge < -0.3 is 10.2 Å². The highest BCUT2D eigenvalue weighted by Gasteiger charge is 2.27. The number of carbonyl (C=O) groups is 2. The van der Waals surface area contributed by atoms with Gasteiger partial charge in [-0.2, -0.15) is 17.9 Å². The normalized spacial score (nSPS) is 14.2. The Morgan fingerprint density at radius 3 is 2.06 bits per heavy atom. The summed E-state index contributed by atoms with van der Waals surface area (Å²) in [5.74, 6) is -2.61. The molecule has 0 aromatic rings. The van der Waals surface area contributed by atoms with Gasteiger partial charge in [-0.05, 0) is 27.2 Å². The fourth-order valence-corrected chi connectivity index (χ4v) is 2.58. The number of carboxylic acids is 2. The van der Waals surface area contributed by atoms with E-state index in [1.807, 2.05) is 4.72 Å². The first kappa shape index (κ1) is 16.8. The zero-order chi connectivity index (χ0) is 14.6. The summed E-state index contributed by atoms with van der Waals surface area (Å²) in [5, 5.41) is 17.2. The molecule has 0 rings (SSSR count). The summed E-state index contributed by atoms with van der Waals surface area (Å²) in [4.78, 5) is 21.1. The third-order valence-electron chi connectivity index (χ3n) is 1.68. The van der Waals surface area contributed by atoms with Crippen LogP contribution in [0.15, 0.2) is 0 Å². The molecule has 0 heterocycles. The number of hydrogen-bond donors (Lipinski definition) is 4. The van der Waals surface area contributed by atoms with Gasteiger partial charge >= 0.3 is 11.9 Å². The fraction of sp³-hybridized carbons (Fsp3) is 0.778. The van der Waals surface area contributed by atoms with Gasteiger partial charge in [-0.15, -0.1) is 0 Å². The molecule has 0 aliphatic rings. The first-order chi connectivity index (χ1) is 7.93. The average Bonchev–Trinajstić information content (AvgIpc) is 2.07. The standard InChI is InChI=1S/C9H18N2O6S/c1-9(2,3)11-18(16,17)10-6(8(14)15)4-5-7(12)13/h6,10-11H,4-5H2,1-3H3,(H,12,13)(H,14,15). The van der Waals surface area contributed by atoms with E-state index in [1.54, 1.807) is 20.8 Å². The molecule has 4 N–H and O–H groups in total. The monoisotopic (exact) mass is 282 g/mol. The highest BCUT2D eigenvalue weighted by molar-refractivity contribution is 7.87. The van der Waals surface area contributed by atoms with Crippen molar-refractivity contribution in [2.45, 2.75) is 45.2 Å². The highest BCUT2D eigenvalue weighted by atomic mass is 32.2. The molecule has 0 aromatic heterocycles. The van der Waals surface area contributed by atoms with Gasteiger partial charge in [0.15, 0.2) is 0 Å². The lowest BCUT2D eigenvalue weighted by atomic mass is 10.1. The lowest BCUT2D eigenvalue weighted by Gasteiger charge is -2.22. The lowest BCUT2D eigenvalue weighted by Crippen LogP contribution is -2.51. The summed E-state index contributed by atoms with van der Waals surface area (Å²) in [5.41, 5.74) is -0.762. The van der Waals surface area contributed by atoms with Crippen molar-refractivity contribution in [3.8, 4) is 0 Å². The predicted octanol–water partition coefficient (Wildman–Crippen LogP) is -0.473. The molecule has 0 aromatic carbocycles. The molecule has 0 saturated carbocycles. The molecule has 106 valence electrons. The molecule has 18 heavy (non-hydrogen) atoms. The summed E-state index contributed by atoms with van der Waals surface area (Å²) in [6, 6.07) is -1.47. The minimum absolute atomic E-state index is 0.324. The van der Waals surface area contributed by atoms with Gasteiger partial charge in [0, 0.05) is 12.0 Å². The van der Waals surface area contributed by atoms with Gasteiger partial charge in [0.1, 0.15) is 6.04 Å². The van der Waals surface area contributed by atoms with Crippen LogP contribution in [0.5, 0.6) is 0 Å². The van der Waals surface area contributed by atoms with E-state index in [9.17, 15) is 18.0 Å². The zero-order valence-electron chi connectivity index (χ0n) is 10.4. The van der Waals surface area contributed by atoms with Gasteiger partial charge in [0.05, 0.1) is 0 Å². The lowest BCUT2D eigenvalue weighted by molar-refractivity contribution is -0.140. The van der Waals surface area contributed by atoms with E-state index in [1.165, 1.54) is 0 Å². The van der Waals surface area contributed by atoms with Gasteiger partial charge in [0.2, 0.25) is 0 Å². The maximum absolute atomic E-state index is 11.6. The van der Waals surface area contributed by atoms with Crippen LogP contribution in [0.4, 0.5) is 0 Å². The summed E-state index contributed by atoms with van der Waals surface area (Å²) in [7, 11) is -4.01. The van der Waals surface area contributed by atoms with Gasteiger partial charge in [-0.1, -0.05) is 0 Å². The number of hydrogen-bond acceptors (Lipinski definition) is 4. The quantitative estimate of drug-likeness (QED) is 0.499. The molecule has 0 spiro atoms. The Bertz CT molecular complexity index is 411. The molecule has 0 amide bonds. The minimum Gasteiger partial charge on any atom is -0.481 e. The second kappa shape index (κ2) is 6.12. The Balaban J connectivity index is 4.68. The van der Waals surface area contributed by atoms with E-state index < -0.39 is 40.1 Å². The molecular formula is C9H18N2O6S. The highest BCUT2D eigenvalue weighted by Crippen LogP contribution is 2.04. The van der Waals surface area contributed by atoms with E-state index in [4.69, 9.17) is 10.2 Å². The van der Waals surface area contributed by atoms with Crippen LogP contribution in [0.3, 0.4) is 0 Å². The molecule has 0 fully saturated rings. The number of carboxylic acid groups (broad SMARTS) is 2. The molecule has 8 nitrogen and oxygen atoms in total. The molecule has 0 saturated heterocycles. The molecule has 0 bridgehead atoms. The van der Waals surface area contributed by atoms with Crippen molar-refractivity contribution >= 4 is 22.1 Å². The van der Waals surface area contributed by atoms with Crippen LogP contribution in [0.2, 0.25) is 0 Å². The minimum atomic E-state index is -4.01. The summed E-state index contributed by atoms with van der Waals surface area (Å²) in [6.45, 7) is 4.79. The van der Waals surface area contributed by atoms with Crippen LogP contribution in [0.25, 0.3) is 0 Å². The first-order valence-corrected chi connectivity index (χ1v) is 6.67. The smallest absolute Gasteiger partial charge is 0.321 e. The van der Waals surface area contributed by atoms with E-state index in [2.05, 4.69) is 4.72 Å². The summed E-state index contributed by atoms with van der Waals surface area (Å²) >= 11 is 0. The van der Waals surface area contributed by atoms with Crippen molar-refractivity contribution in [1.82, 2.24) is 9.44 Å². The second-order valence-electron chi connectivity index (χ2n) is 4.80. The van der Waals surface area contributed by atoms with Crippen LogP contribution in [0.1, 0.15) is 33.6 Å².